The van der Waals surface area contributed by atoms with E-state index in [1.54, 1.807) is 7.05 Å². The van der Waals surface area contributed by atoms with E-state index in [2.05, 4.69) is 6.07 Å². The summed E-state index contributed by atoms with van der Waals surface area (Å²) in [6, 6.07) is 14.2. The maximum absolute atomic E-state index is 12.7. The largest absolute Gasteiger partial charge is 0.490 e. The number of nitrogens with zero attached hydrogens (tertiary/aromatic N) is 3. The first-order chi connectivity index (χ1) is 14.8. The Morgan fingerprint density at radius 3 is 2.32 bits per heavy atom. The second-order valence-corrected chi connectivity index (χ2v) is 7.54. The lowest BCUT2D eigenvalue weighted by atomic mass is 10.0. The Hall–Kier alpha value is -3.47. The standard InChI is InChI=1S/C23H20F3N3O2/c1-28-20-5-3-2-4-18(20)21(19(14-27)22(28)30)29-12-10-17(11-13-29)31-16-8-6-15(7-9-16)23(24,25)26/h2-9,17H,10-13H2,1H3. The summed E-state index contributed by atoms with van der Waals surface area (Å²) in [5, 5.41) is 10.5. The van der Waals surface area contributed by atoms with Crippen LogP contribution in [-0.4, -0.2) is 23.8 Å². The molecular weight excluding hydrogens is 407 g/mol. The molecule has 0 bridgehead atoms. The zero-order valence-corrected chi connectivity index (χ0v) is 16.8. The number of aryl methyl sites for hydroxylation is 1. The molecule has 2 aromatic carbocycles. The fourth-order valence-corrected chi connectivity index (χ4v) is 4.02. The minimum Gasteiger partial charge on any atom is -0.490 e. The van der Waals surface area contributed by atoms with Gasteiger partial charge in [-0.05, 0) is 30.3 Å². The molecule has 2 heterocycles. The second-order valence-electron chi connectivity index (χ2n) is 7.54. The van der Waals surface area contributed by atoms with Gasteiger partial charge in [0.2, 0.25) is 0 Å². The molecule has 5 nitrogen and oxygen atoms in total. The van der Waals surface area contributed by atoms with E-state index in [0.717, 1.165) is 23.0 Å². The third kappa shape index (κ3) is 3.96. The number of rotatable bonds is 3. The quantitative estimate of drug-likeness (QED) is 0.619. The van der Waals surface area contributed by atoms with Gasteiger partial charge in [0, 0.05) is 38.4 Å². The Kier molecular flexibility index (Phi) is 5.36. The minimum atomic E-state index is -4.38. The van der Waals surface area contributed by atoms with Gasteiger partial charge >= 0.3 is 6.18 Å². The average molecular weight is 427 g/mol. The molecule has 1 aliphatic rings. The Balaban J connectivity index is 1.53. The summed E-state index contributed by atoms with van der Waals surface area (Å²) < 4.78 is 45.5. The summed E-state index contributed by atoms with van der Waals surface area (Å²) in [4.78, 5) is 14.7. The van der Waals surface area contributed by atoms with E-state index >= 15 is 0 Å². The zero-order valence-electron chi connectivity index (χ0n) is 16.8. The van der Waals surface area contributed by atoms with Crippen molar-refractivity contribution in [1.82, 2.24) is 4.57 Å². The van der Waals surface area contributed by atoms with E-state index in [9.17, 15) is 23.2 Å². The highest BCUT2D eigenvalue weighted by molar-refractivity contribution is 5.94. The van der Waals surface area contributed by atoms with Gasteiger partial charge in [-0.1, -0.05) is 18.2 Å². The molecule has 0 unspecified atom stereocenters. The summed E-state index contributed by atoms with van der Waals surface area (Å²) >= 11 is 0. The Morgan fingerprint density at radius 2 is 1.71 bits per heavy atom. The molecule has 8 heteroatoms. The first kappa shape index (κ1) is 20.8. The predicted octanol–water partition coefficient (Wildman–Crippen LogP) is 4.48. The van der Waals surface area contributed by atoms with Crippen LogP contribution in [0.25, 0.3) is 10.9 Å². The van der Waals surface area contributed by atoms with Gasteiger partial charge in [0.25, 0.3) is 5.56 Å². The van der Waals surface area contributed by atoms with Crippen molar-refractivity contribution in [2.45, 2.75) is 25.1 Å². The van der Waals surface area contributed by atoms with Crippen molar-refractivity contribution in [1.29, 1.82) is 5.26 Å². The molecule has 31 heavy (non-hydrogen) atoms. The Bertz CT molecular complexity index is 1200. The van der Waals surface area contributed by atoms with Gasteiger partial charge < -0.3 is 14.2 Å². The lowest BCUT2D eigenvalue weighted by Gasteiger charge is -2.35. The van der Waals surface area contributed by atoms with Crippen LogP contribution >= 0.6 is 0 Å². The molecule has 4 rings (SSSR count). The van der Waals surface area contributed by atoms with E-state index in [0.29, 0.717) is 37.4 Å². The topological polar surface area (TPSA) is 58.3 Å². The molecule has 1 saturated heterocycles. The summed E-state index contributed by atoms with van der Waals surface area (Å²) in [5.41, 5.74) is 0.456. The van der Waals surface area contributed by atoms with Crippen molar-refractivity contribution < 1.29 is 17.9 Å². The van der Waals surface area contributed by atoms with Crippen LogP contribution in [0, 0.1) is 11.3 Å². The van der Waals surface area contributed by atoms with Crippen molar-refractivity contribution in [3.63, 3.8) is 0 Å². The lowest BCUT2D eigenvalue weighted by molar-refractivity contribution is -0.137. The molecule has 0 atom stereocenters. The van der Waals surface area contributed by atoms with Gasteiger partial charge in [-0.2, -0.15) is 18.4 Å². The van der Waals surface area contributed by atoms with Crippen LogP contribution in [0.1, 0.15) is 24.0 Å². The predicted molar refractivity (Wildman–Crippen MR) is 111 cm³/mol. The number of para-hydroxylation sites is 1. The number of pyridine rings is 1. The first-order valence-electron chi connectivity index (χ1n) is 9.90. The molecular formula is C23H20F3N3O2. The monoisotopic (exact) mass is 427 g/mol. The molecule has 0 radical (unpaired) electrons. The van der Waals surface area contributed by atoms with Crippen LogP contribution in [0.4, 0.5) is 18.9 Å². The molecule has 0 spiro atoms. The van der Waals surface area contributed by atoms with Crippen LogP contribution in [0.5, 0.6) is 5.75 Å². The number of ether oxygens (including phenoxy) is 1. The molecule has 0 N–H and O–H groups in total. The van der Waals surface area contributed by atoms with Crippen molar-refractivity contribution in [2.75, 3.05) is 18.0 Å². The number of hydrogen-bond donors (Lipinski definition) is 0. The average Bonchev–Trinajstić information content (AvgIpc) is 2.76. The van der Waals surface area contributed by atoms with Crippen molar-refractivity contribution in [3.8, 4) is 11.8 Å². The molecule has 0 aliphatic carbocycles. The molecule has 1 aliphatic heterocycles. The van der Waals surface area contributed by atoms with E-state index < -0.39 is 11.7 Å². The lowest BCUT2D eigenvalue weighted by Crippen LogP contribution is -2.40. The fraction of sp³-hybridized carbons (Fsp3) is 0.304. The number of benzene rings is 2. The number of aromatic nitrogens is 1. The molecule has 0 amide bonds. The van der Waals surface area contributed by atoms with Crippen LogP contribution in [-0.2, 0) is 13.2 Å². The van der Waals surface area contributed by atoms with Crippen LogP contribution < -0.4 is 15.2 Å². The molecule has 3 aromatic rings. The van der Waals surface area contributed by atoms with Gasteiger partial charge in [-0.25, -0.2) is 0 Å². The van der Waals surface area contributed by atoms with Gasteiger partial charge in [-0.3, -0.25) is 4.79 Å². The van der Waals surface area contributed by atoms with Crippen molar-refractivity contribution >= 4 is 16.6 Å². The second kappa shape index (κ2) is 7.99. The summed E-state index contributed by atoms with van der Waals surface area (Å²) in [6.45, 7) is 1.13. The summed E-state index contributed by atoms with van der Waals surface area (Å²) in [6.07, 6.45) is -3.29. The number of nitriles is 1. The highest BCUT2D eigenvalue weighted by Crippen LogP contribution is 2.33. The van der Waals surface area contributed by atoms with Gasteiger partial charge in [0.15, 0.2) is 0 Å². The van der Waals surface area contributed by atoms with Gasteiger partial charge in [0.1, 0.15) is 23.5 Å². The maximum Gasteiger partial charge on any atom is 0.416 e. The third-order valence-electron chi connectivity index (χ3n) is 5.63. The number of hydrogen-bond acceptors (Lipinski definition) is 4. The minimum absolute atomic E-state index is 0.114. The molecule has 1 fully saturated rings. The smallest absolute Gasteiger partial charge is 0.416 e. The highest BCUT2D eigenvalue weighted by Gasteiger charge is 2.30. The van der Waals surface area contributed by atoms with Crippen molar-refractivity contribution in [3.05, 3.63) is 70.0 Å². The Labute approximate surface area is 176 Å². The fourth-order valence-electron chi connectivity index (χ4n) is 4.02. The molecule has 1 aromatic heterocycles. The number of alkyl halides is 3. The van der Waals surface area contributed by atoms with Crippen LogP contribution in [0.3, 0.4) is 0 Å². The maximum atomic E-state index is 12.7. The molecule has 0 saturated carbocycles. The van der Waals surface area contributed by atoms with E-state index in [-0.39, 0.29) is 17.2 Å². The normalized spacial score (nSPS) is 15.1. The van der Waals surface area contributed by atoms with Crippen molar-refractivity contribution in [2.24, 2.45) is 7.05 Å². The van der Waals surface area contributed by atoms with Gasteiger partial charge in [-0.15, -0.1) is 0 Å². The van der Waals surface area contributed by atoms with E-state index in [4.69, 9.17) is 4.74 Å². The SMILES string of the molecule is Cn1c(=O)c(C#N)c(N2CCC(Oc3ccc(C(F)(F)F)cc3)CC2)c2ccccc21. The summed E-state index contributed by atoms with van der Waals surface area (Å²) in [7, 11) is 1.65. The Morgan fingerprint density at radius 1 is 1.06 bits per heavy atom. The van der Waals surface area contributed by atoms with Crippen LogP contribution in [0.2, 0.25) is 0 Å². The van der Waals surface area contributed by atoms with Gasteiger partial charge in [0.05, 0.1) is 16.8 Å². The zero-order chi connectivity index (χ0) is 22.2. The number of halogens is 3. The van der Waals surface area contributed by atoms with Crippen LogP contribution in [0.15, 0.2) is 53.3 Å². The van der Waals surface area contributed by atoms with E-state index in [1.165, 1.54) is 16.7 Å². The number of anilines is 1. The number of piperidine rings is 1. The first-order valence-corrected chi connectivity index (χ1v) is 9.90. The third-order valence-corrected chi connectivity index (χ3v) is 5.63. The summed E-state index contributed by atoms with van der Waals surface area (Å²) in [5.74, 6) is 0.392. The highest BCUT2D eigenvalue weighted by atomic mass is 19.4. The van der Waals surface area contributed by atoms with E-state index in [1.807, 2.05) is 29.2 Å². The molecule has 160 valence electrons. The number of fused-ring (bicyclic) bond motifs is 1.